The van der Waals surface area contributed by atoms with Crippen LogP contribution in [0.2, 0.25) is 0 Å². The largest absolute Gasteiger partial charge is 0.368 e. The molecule has 1 aromatic rings. The zero-order valence-corrected chi connectivity index (χ0v) is 9.57. The number of amides is 1. The molecular weight excluding hydrogens is 200 g/mol. The number of hydrogen-bond donors (Lipinski definition) is 2. The van der Waals surface area contributed by atoms with Gasteiger partial charge in [0.05, 0.1) is 6.04 Å². The minimum Gasteiger partial charge on any atom is -0.368 e. The second-order valence-corrected chi connectivity index (χ2v) is 4.43. The van der Waals surface area contributed by atoms with Crippen molar-refractivity contribution in [1.82, 2.24) is 5.32 Å². The Balaban J connectivity index is 2.16. The van der Waals surface area contributed by atoms with E-state index in [2.05, 4.69) is 23.5 Å². The van der Waals surface area contributed by atoms with Crippen molar-refractivity contribution in [3.8, 4) is 0 Å². The first kappa shape index (κ1) is 11.1. The van der Waals surface area contributed by atoms with E-state index >= 15 is 0 Å². The van der Waals surface area contributed by atoms with Crippen LogP contribution in [0, 0.1) is 0 Å². The highest BCUT2D eigenvalue weighted by Crippen LogP contribution is 2.29. The number of nitrogens with two attached hydrogens (primary N) is 1. The second kappa shape index (κ2) is 4.66. The summed E-state index contributed by atoms with van der Waals surface area (Å²) < 4.78 is 0. The van der Waals surface area contributed by atoms with Gasteiger partial charge in [-0.2, -0.15) is 0 Å². The summed E-state index contributed by atoms with van der Waals surface area (Å²) in [6.45, 7) is 1.82. The van der Waals surface area contributed by atoms with Gasteiger partial charge in [0, 0.05) is 6.04 Å². The minimum atomic E-state index is -0.289. The van der Waals surface area contributed by atoms with E-state index in [0.717, 1.165) is 12.8 Å². The molecule has 1 amide bonds. The van der Waals surface area contributed by atoms with Gasteiger partial charge in [-0.25, -0.2) is 0 Å². The van der Waals surface area contributed by atoms with Gasteiger partial charge in [0.2, 0.25) is 5.91 Å². The van der Waals surface area contributed by atoms with Gasteiger partial charge in [-0.15, -0.1) is 0 Å². The van der Waals surface area contributed by atoms with E-state index in [1.807, 2.05) is 13.0 Å². The van der Waals surface area contributed by atoms with Crippen LogP contribution >= 0.6 is 0 Å². The van der Waals surface area contributed by atoms with Crippen LogP contribution in [-0.2, 0) is 11.2 Å². The van der Waals surface area contributed by atoms with Crippen LogP contribution in [0.4, 0.5) is 0 Å². The molecule has 0 spiro atoms. The van der Waals surface area contributed by atoms with Crippen molar-refractivity contribution < 1.29 is 4.79 Å². The average molecular weight is 218 g/mol. The summed E-state index contributed by atoms with van der Waals surface area (Å²) in [5, 5.41) is 3.30. The van der Waals surface area contributed by atoms with Crippen molar-refractivity contribution in [2.75, 3.05) is 0 Å². The zero-order valence-electron chi connectivity index (χ0n) is 9.57. The summed E-state index contributed by atoms with van der Waals surface area (Å²) in [5.74, 6) is -0.289. The number of aryl methyl sites for hydroxylation is 1. The molecule has 2 rings (SSSR count). The number of carbonyl (C=O) groups is 1. The Morgan fingerprint density at radius 3 is 3.00 bits per heavy atom. The molecule has 16 heavy (non-hydrogen) atoms. The molecule has 0 aliphatic heterocycles. The van der Waals surface area contributed by atoms with Gasteiger partial charge in [-0.05, 0) is 37.3 Å². The molecule has 3 heteroatoms. The summed E-state index contributed by atoms with van der Waals surface area (Å²) >= 11 is 0. The first-order valence-corrected chi connectivity index (χ1v) is 5.81. The van der Waals surface area contributed by atoms with E-state index < -0.39 is 0 Å². The van der Waals surface area contributed by atoms with Crippen LogP contribution < -0.4 is 11.1 Å². The monoisotopic (exact) mass is 218 g/mol. The molecule has 0 aromatic heterocycles. The van der Waals surface area contributed by atoms with Crippen molar-refractivity contribution >= 4 is 5.91 Å². The van der Waals surface area contributed by atoms with Crippen LogP contribution in [0.1, 0.15) is 36.9 Å². The molecule has 3 N–H and O–H groups in total. The molecule has 0 bridgehead atoms. The highest BCUT2D eigenvalue weighted by atomic mass is 16.1. The standard InChI is InChI=1S/C13H18N2O/c1-9(13(14)16)15-12-8-4-6-10-5-2-3-7-11(10)12/h2-3,5,7,9,12,15H,4,6,8H2,1H3,(H2,14,16)/t9-,12+/m1/s1. The maximum atomic E-state index is 11.0. The lowest BCUT2D eigenvalue weighted by Crippen LogP contribution is -2.41. The fourth-order valence-electron chi connectivity index (χ4n) is 2.31. The number of fused-ring (bicyclic) bond motifs is 1. The summed E-state index contributed by atoms with van der Waals surface area (Å²) in [6, 6.07) is 8.42. The molecule has 0 unspecified atom stereocenters. The lowest BCUT2D eigenvalue weighted by molar-refractivity contribution is -0.119. The smallest absolute Gasteiger partial charge is 0.234 e. The van der Waals surface area contributed by atoms with Crippen LogP contribution in [0.15, 0.2) is 24.3 Å². The van der Waals surface area contributed by atoms with Crippen molar-refractivity contribution in [3.05, 3.63) is 35.4 Å². The Labute approximate surface area is 96.0 Å². The number of rotatable bonds is 3. The highest BCUT2D eigenvalue weighted by Gasteiger charge is 2.22. The molecule has 1 aliphatic carbocycles. The molecule has 1 aromatic carbocycles. The maximum absolute atomic E-state index is 11.0. The molecule has 86 valence electrons. The maximum Gasteiger partial charge on any atom is 0.234 e. The summed E-state index contributed by atoms with van der Waals surface area (Å²) in [5.41, 5.74) is 7.98. The number of hydrogen-bond acceptors (Lipinski definition) is 2. The molecule has 0 fully saturated rings. The van der Waals surface area contributed by atoms with Crippen LogP contribution in [0.5, 0.6) is 0 Å². The fraction of sp³-hybridized carbons (Fsp3) is 0.462. The first-order chi connectivity index (χ1) is 7.68. The number of benzene rings is 1. The predicted molar refractivity (Wildman–Crippen MR) is 63.9 cm³/mol. The van der Waals surface area contributed by atoms with Gasteiger partial charge < -0.3 is 5.73 Å². The van der Waals surface area contributed by atoms with Crippen LogP contribution in [-0.4, -0.2) is 11.9 Å². The quantitative estimate of drug-likeness (QED) is 0.808. The zero-order chi connectivity index (χ0) is 11.5. The Morgan fingerprint density at radius 2 is 2.25 bits per heavy atom. The first-order valence-electron chi connectivity index (χ1n) is 5.81. The summed E-state index contributed by atoms with van der Waals surface area (Å²) in [7, 11) is 0. The number of carbonyl (C=O) groups excluding carboxylic acids is 1. The third-order valence-corrected chi connectivity index (χ3v) is 3.25. The van der Waals surface area contributed by atoms with Crippen LogP contribution in [0.25, 0.3) is 0 Å². The third-order valence-electron chi connectivity index (χ3n) is 3.25. The van der Waals surface area contributed by atoms with Crippen molar-refractivity contribution in [1.29, 1.82) is 0 Å². The van der Waals surface area contributed by atoms with Gasteiger partial charge >= 0.3 is 0 Å². The molecule has 0 heterocycles. The Kier molecular flexibility index (Phi) is 3.25. The van der Waals surface area contributed by atoms with E-state index in [1.165, 1.54) is 17.5 Å². The summed E-state index contributed by atoms with van der Waals surface area (Å²) in [4.78, 5) is 11.0. The number of primary amides is 1. The second-order valence-electron chi connectivity index (χ2n) is 4.43. The van der Waals surface area contributed by atoms with E-state index in [9.17, 15) is 4.79 Å². The normalized spacial score (nSPS) is 21.2. The lowest BCUT2D eigenvalue weighted by atomic mass is 9.87. The minimum absolute atomic E-state index is 0.267. The van der Waals surface area contributed by atoms with Gasteiger partial charge in [-0.3, -0.25) is 10.1 Å². The molecular formula is C13H18N2O. The van der Waals surface area contributed by atoms with Gasteiger partial charge in [0.1, 0.15) is 0 Å². The molecule has 0 radical (unpaired) electrons. The van der Waals surface area contributed by atoms with E-state index in [4.69, 9.17) is 5.73 Å². The molecule has 3 nitrogen and oxygen atoms in total. The average Bonchev–Trinajstić information content (AvgIpc) is 2.29. The molecule has 2 atom stereocenters. The fourth-order valence-corrected chi connectivity index (χ4v) is 2.31. The van der Waals surface area contributed by atoms with E-state index in [1.54, 1.807) is 0 Å². The molecule has 0 saturated carbocycles. The number of nitrogens with one attached hydrogen (secondary N) is 1. The van der Waals surface area contributed by atoms with Gasteiger partial charge in [0.15, 0.2) is 0 Å². The third kappa shape index (κ3) is 2.25. The Hall–Kier alpha value is -1.35. The predicted octanol–water partition coefficient (Wildman–Crippen LogP) is 1.53. The SMILES string of the molecule is C[C@@H](N[C@H]1CCCc2ccccc21)C(N)=O. The van der Waals surface area contributed by atoms with Crippen molar-refractivity contribution in [2.45, 2.75) is 38.3 Å². The van der Waals surface area contributed by atoms with Crippen molar-refractivity contribution in [2.24, 2.45) is 5.73 Å². The van der Waals surface area contributed by atoms with Gasteiger partial charge in [-0.1, -0.05) is 24.3 Å². The van der Waals surface area contributed by atoms with Crippen LogP contribution in [0.3, 0.4) is 0 Å². The molecule has 0 saturated heterocycles. The Bertz CT molecular complexity index is 389. The topological polar surface area (TPSA) is 55.1 Å². The van der Waals surface area contributed by atoms with E-state index in [-0.39, 0.29) is 18.0 Å². The lowest BCUT2D eigenvalue weighted by Gasteiger charge is -2.28. The molecule has 1 aliphatic rings. The highest BCUT2D eigenvalue weighted by molar-refractivity contribution is 5.79. The van der Waals surface area contributed by atoms with Gasteiger partial charge in [0.25, 0.3) is 0 Å². The Morgan fingerprint density at radius 1 is 1.50 bits per heavy atom. The van der Waals surface area contributed by atoms with Crippen molar-refractivity contribution in [3.63, 3.8) is 0 Å². The van der Waals surface area contributed by atoms with E-state index in [0.29, 0.717) is 0 Å². The summed E-state index contributed by atoms with van der Waals surface area (Å²) in [6.07, 6.45) is 3.38.